The van der Waals surface area contributed by atoms with E-state index in [0.29, 0.717) is 44.6 Å². The Bertz CT molecular complexity index is 1120. The van der Waals surface area contributed by atoms with Gasteiger partial charge in [0.05, 0.1) is 16.6 Å². The molecule has 1 atom stereocenters. The SMILES string of the molecule is Cc1nccn1CCC(=O)N1CCCC(c2noc3nc(C(C)C)cc(C(F)(F)F)c23)C1. The molecule has 32 heavy (non-hydrogen) atoms. The van der Waals surface area contributed by atoms with Crippen molar-refractivity contribution in [2.45, 2.75) is 64.6 Å². The number of imidazole rings is 1. The molecular formula is C22H26F3N5O2. The van der Waals surface area contributed by atoms with Gasteiger partial charge in [-0.3, -0.25) is 4.79 Å². The van der Waals surface area contributed by atoms with Crippen LogP contribution in [0.4, 0.5) is 13.2 Å². The Hall–Kier alpha value is -2.91. The van der Waals surface area contributed by atoms with Crippen LogP contribution in [0, 0.1) is 6.92 Å². The largest absolute Gasteiger partial charge is 0.417 e. The third-order valence-corrected chi connectivity index (χ3v) is 6.04. The van der Waals surface area contributed by atoms with Gasteiger partial charge < -0.3 is 14.0 Å². The molecular weight excluding hydrogens is 423 g/mol. The fraction of sp³-hybridized carbons (Fsp3) is 0.545. The molecule has 1 unspecified atom stereocenters. The normalized spacial score (nSPS) is 17.5. The maximum Gasteiger partial charge on any atom is 0.417 e. The van der Waals surface area contributed by atoms with Gasteiger partial charge in [-0.2, -0.15) is 13.2 Å². The molecule has 0 spiro atoms. The van der Waals surface area contributed by atoms with Gasteiger partial charge in [0, 0.05) is 50.1 Å². The van der Waals surface area contributed by atoms with Gasteiger partial charge in [0.1, 0.15) is 5.82 Å². The van der Waals surface area contributed by atoms with E-state index in [2.05, 4.69) is 15.1 Å². The number of hydrogen-bond donors (Lipinski definition) is 0. The van der Waals surface area contributed by atoms with Crippen molar-refractivity contribution in [3.8, 4) is 0 Å². The molecule has 1 fully saturated rings. The summed E-state index contributed by atoms with van der Waals surface area (Å²) in [5.74, 6) is 0.274. The van der Waals surface area contributed by atoms with Crippen LogP contribution < -0.4 is 0 Å². The van der Waals surface area contributed by atoms with Crippen molar-refractivity contribution >= 4 is 17.0 Å². The van der Waals surface area contributed by atoms with Gasteiger partial charge in [-0.25, -0.2) is 9.97 Å². The molecule has 0 saturated carbocycles. The average Bonchev–Trinajstić information content (AvgIpc) is 3.36. The summed E-state index contributed by atoms with van der Waals surface area (Å²) in [4.78, 5) is 22.9. The maximum atomic E-state index is 13.9. The molecule has 0 bridgehead atoms. The van der Waals surface area contributed by atoms with Crippen LogP contribution in [0.5, 0.6) is 0 Å². The number of alkyl halides is 3. The molecule has 4 heterocycles. The summed E-state index contributed by atoms with van der Waals surface area (Å²) in [6.45, 7) is 6.83. The van der Waals surface area contributed by atoms with Crippen LogP contribution in [0.1, 0.15) is 67.7 Å². The lowest BCUT2D eigenvalue weighted by atomic mass is 9.91. The lowest BCUT2D eigenvalue weighted by Gasteiger charge is -2.32. The number of rotatable bonds is 5. The van der Waals surface area contributed by atoms with E-state index >= 15 is 0 Å². The average molecular weight is 449 g/mol. The van der Waals surface area contributed by atoms with Crippen molar-refractivity contribution in [2.75, 3.05) is 13.1 Å². The minimum Gasteiger partial charge on any atom is -0.342 e. The molecule has 172 valence electrons. The van der Waals surface area contributed by atoms with Crippen molar-refractivity contribution in [3.63, 3.8) is 0 Å². The second kappa shape index (κ2) is 8.55. The zero-order chi connectivity index (χ0) is 23.0. The molecule has 4 rings (SSSR count). The number of fused-ring (bicyclic) bond motifs is 1. The standard InChI is InChI=1S/C22H26F3N5O2/c1-13(2)17-11-16(22(23,24)25)19-20(28-32-21(19)27-17)15-5-4-8-30(12-15)18(31)6-9-29-10-7-26-14(29)3/h7,10-11,13,15H,4-6,8-9,12H2,1-3H3. The Morgan fingerprint density at radius 1 is 1.34 bits per heavy atom. The van der Waals surface area contributed by atoms with Crippen LogP contribution in [0.25, 0.3) is 11.1 Å². The summed E-state index contributed by atoms with van der Waals surface area (Å²) in [6, 6.07) is 1.09. The summed E-state index contributed by atoms with van der Waals surface area (Å²) in [5, 5.41) is 3.91. The van der Waals surface area contributed by atoms with E-state index in [-0.39, 0.29) is 34.5 Å². The fourth-order valence-corrected chi connectivity index (χ4v) is 4.23. The molecule has 1 aliphatic rings. The highest BCUT2D eigenvalue weighted by Gasteiger charge is 2.38. The van der Waals surface area contributed by atoms with E-state index < -0.39 is 11.7 Å². The number of pyridine rings is 1. The molecule has 7 nitrogen and oxygen atoms in total. The Balaban J connectivity index is 1.58. The molecule has 0 aliphatic carbocycles. The number of hydrogen-bond acceptors (Lipinski definition) is 5. The van der Waals surface area contributed by atoms with Gasteiger partial charge in [-0.15, -0.1) is 0 Å². The number of carbonyl (C=O) groups is 1. The number of halogens is 3. The monoisotopic (exact) mass is 449 g/mol. The lowest BCUT2D eigenvalue weighted by molar-refractivity contribution is -0.136. The number of carbonyl (C=O) groups excluding carboxylic acids is 1. The number of piperidine rings is 1. The Labute approximate surface area is 183 Å². The summed E-state index contributed by atoms with van der Waals surface area (Å²) < 4.78 is 48.8. The minimum atomic E-state index is -4.56. The molecule has 0 aromatic carbocycles. The second-order valence-corrected chi connectivity index (χ2v) is 8.59. The predicted molar refractivity (Wildman–Crippen MR) is 111 cm³/mol. The molecule has 1 amide bonds. The van der Waals surface area contributed by atoms with E-state index in [1.807, 2.05) is 17.7 Å². The maximum absolute atomic E-state index is 13.9. The smallest absolute Gasteiger partial charge is 0.342 e. The summed E-state index contributed by atoms with van der Waals surface area (Å²) in [7, 11) is 0. The van der Waals surface area contributed by atoms with Crippen molar-refractivity contribution in [1.82, 2.24) is 24.6 Å². The first-order chi connectivity index (χ1) is 15.1. The van der Waals surface area contributed by atoms with Crippen molar-refractivity contribution in [3.05, 3.63) is 41.2 Å². The first kappa shape index (κ1) is 22.3. The van der Waals surface area contributed by atoms with Gasteiger partial charge in [0.2, 0.25) is 5.91 Å². The first-order valence-electron chi connectivity index (χ1n) is 10.8. The topological polar surface area (TPSA) is 77.0 Å². The summed E-state index contributed by atoms with van der Waals surface area (Å²) >= 11 is 0. The van der Waals surface area contributed by atoms with E-state index in [1.165, 1.54) is 0 Å². The van der Waals surface area contributed by atoms with Crippen LogP contribution in [-0.2, 0) is 17.5 Å². The highest BCUT2D eigenvalue weighted by Crippen LogP contribution is 2.40. The third kappa shape index (κ3) is 4.35. The second-order valence-electron chi connectivity index (χ2n) is 8.59. The predicted octanol–water partition coefficient (Wildman–Crippen LogP) is 4.67. The van der Waals surface area contributed by atoms with Gasteiger partial charge in [-0.05, 0) is 31.7 Å². The van der Waals surface area contributed by atoms with Crippen LogP contribution >= 0.6 is 0 Å². The van der Waals surface area contributed by atoms with Crippen molar-refractivity contribution < 1.29 is 22.5 Å². The highest BCUT2D eigenvalue weighted by atomic mass is 19.4. The molecule has 10 heteroatoms. The molecule has 3 aromatic rings. The Morgan fingerprint density at radius 3 is 2.78 bits per heavy atom. The van der Waals surface area contributed by atoms with E-state index in [0.717, 1.165) is 11.9 Å². The first-order valence-corrected chi connectivity index (χ1v) is 10.8. The van der Waals surface area contributed by atoms with Gasteiger partial charge in [0.25, 0.3) is 5.71 Å². The number of aryl methyl sites for hydroxylation is 2. The third-order valence-electron chi connectivity index (χ3n) is 6.04. The van der Waals surface area contributed by atoms with Crippen molar-refractivity contribution in [1.29, 1.82) is 0 Å². The fourth-order valence-electron chi connectivity index (χ4n) is 4.23. The van der Waals surface area contributed by atoms with Crippen molar-refractivity contribution in [2.24, 2.45) is 0 Å². The van der Waals surface area contributed by atoms with Gasteiger partial charge in [-0.1, -0.05) is 19.0 Å². The highest BCUT2D eigenvalue weighted by molar-refractivity contribution is 5.82. The quantitative estimate of drug-likeness (QED) is 0.566. The zero-order valence-corrected chi connectivity index (χ0v) is 18.3. The van der Waals surface area contributed by atoms with Crippen LogP contribution in [-0.4, -0.2) is 43.6 Å². The zero-order valence-electron chi connectivity index (χ0n) is 18.3. The van der Waals surface area contributed by atoms with E-state index in [1.54, 1.807) is 24.9 Å². The Kier molecular flexibility index (Phi) is 5.96. The summed E-state index contributed by atoms with van der Waals surface area (Å²) in [6.07, 6.45) is 0.571. The van der Waals surface area contributed by atoms with Crippen LogP contribution in [0.15, 0.2) is 23.0 Å². The molecule has 0 N–H and O–H groups in total. The van der Waals surface area contributed by atoms with Gasteiger partial charge in [0.15, 0.2) is 0 Å². The Morgan fingerprint density at radius 2 is 2.12 bits per heavy atom. The lowest BCUT2D eigenvalue weighted by Crippen LogP contribution is -2.39. The number of aromatic nitrogens is 4. The number of nitrogens with zero attached hydrogens (tertiary/aromatic N) is 5. The van der Waals surface area contributed by atoms with Gasteiger partial charge >= 0.3 is 6.18 Å². The molecule has 0 radical (unpaired) electrons. The van der Waals surface area contributed by atoms with E-state index in [9.17, 15) is 18.0 Å². The summed E-state index contributed by atoms with van der Waals surface area (Å²) in [5.41, 5.74) is -0.333. The molecule has 3 aromatic heterocycles. The van der Waals surface area contributed by atoms with Crippen LogP contribution in [0.3, 0.4) is 0 Å². The number of amides is 1. The molecule has 1 aliphatic heterocycles. The minimum absolute atomic E-state index is 0.0353. The van der Waals surface area contributed by atoms with E-state index in [4.69, 9.17) is 4.52 Å². The number of likely N-dealkylation sites (tertiary alicyclic amines) is 1. The van der Waals surface area contributed by atoms with Crippen LogP contribution in [0.2, 0.25) is 0 Å². The molecule has 1 saturated heterocycles.